The molecule has 23 heavy (non-hydrogen) atoms. The molecule has 0 saturated heterocycles. The molecule has 1 N–H and O–H groups in total. The lowest BCUT2D eigenvalue weighted by Gasteiger charge is -2.36. The van der Waals surface area contributed by atoms with Crippen molar-refractivity contribution in [3.63, 3.8) is 0 Å². The molecule has 3 rings (SSSR count). The van der Waals surface area contributed by atoms with Gasteiger partial charge in [0.2, 0.25) is 0 Å². The monoisotopic (exact) mass is 317 g/mol. The molecule has 0 fully saturated rings. The van der Waals surface area contributed by atoms with Crippen LogP contribution >= 0.6 is 0 Å². The second-order valence-electron chi connectivity index (χ2n) is 5.47. The number of benzene rings is 1. The first-order valence-corrected chi connectivity index (χ1v) is 9.52. The summed E-state index contributed by atoms with van der Waals surface area (Å²) in [6.07, 6.45) is 4.17. The number of ether oxygens (including phenoxy) is 1. The van der Waals surface area contributed by atoms with Gasteiger partial charge in [0.15, 0.2) is 0 Å². The van der Waals surface area contributed by atoms with Gasteiger partial charge in [0.1, 0.15) is 5.60 Å². The van der Waals surface area contributed by atoms with Gasteiger partial charge in [-0.2, -0.15) is 0 Å². The number of fused-ring (bicyclic) bond motifs is 3. The largest absolute Gasteiger partial charge is 0.368 e. The van der Waals surface area contributed by atoms with Gasteiger partial charge in [0.25, 0.3) is 0 Å². The standard InChI is InChI=1S/C17H23NO.2C2H6/c1-4-12-8-7-9-13-14-10-11-19-17(5-2,6-3)16(14)18-15(12)13;2*1-2/h7-9,18H,4-6,10-11H2,1-3H3;2*1-2H3. The second kappa shape index (κ2) is 9.12. The average molecular weight is 318 g/mol. The molecule has 2 heteroatoms. The van der Waals surface area contributed by atoms with Gasteiger partial charge in [-0.25, -0.2) is 0 Å². The van der Waals surface area contributed by atoms with Crippen LogP contribution < -0.4 is 0 Å². The predicted octanol–water partition coefficient (Wildman–Crippen LogP) is 6.37. The first-order valence-electron chi connectivity index (χ1n) is 9.52. The lowest BCUT2D eigenvalue weighted by Crippen LogP contribution is -2.34. The maximum absolute atomic E-state index is 6.16. The number of nitrogens with one attached hydrogen (secondary N) is 1. The summed E-state index contributed by atoms with van der Waals surface area (Å²) in [7, 11) is 0. The Morgan fingerprint density at radius 1 is 1.04 bits per heavy atom. The maximum atomic E-state index is 6.16. The van der Waals surface area contributed by atoms with Crippen molar-refractivity contribution in [2.75, 3.05) is 6.61 Å². The van der Waals surface area contributed by atoms with E-state index in [1.54, 1.807) is 0 Å². The molecule has 0 radical (unpaired) electrons. The van der Waals surface area contributed by atoms with E-state index < -0.39 is 0 Å². The van der Waals surface area contributed by atoms with E-state index in [1.807, 2.05) is 27.7 Å². The Labute approximate surface area is 142 Å². The zero-order chi connectivity index (χ0) is 17.5. The fourth-order valence-corrected chi connectivity index (χ4v) is 3.51. The zero-order valence-electron chi connectivity index (χ0n) is 16.2. The third-order valence-corrected chi connectivity index (χ3v) is 4.74. The van der Waals surface area contributed by atoms with Crippen LogP contribution in [0.25, 0.3) is 10.9 Å². The number of para-hydroxylation sites is 1. The molecule has 0 bridgehead atoms. The highest BCUT2D eigenvalue weighted by molar-refractivity contribution is 5.88. The molecule has 1 aromatic heterocycles. The Balaban J connectivity index is 0.000000615. The highest BCUT2D eigenvalue weighted by atomic mass is 16.5. The number of aromatic nitrogens is 1. The fourth-order valence-electron chi connectivity index (χ4n) is 3.51. The first-order chi connectivity index (χ1) is 11.3. The van der Waals surface area contributed by atoms with Gasteiger partial charge in [0, 0.05) is 10.9 Å². The van der Waals surface area contributed by atoms with E-state index in [9.17, 15) is 0 Å². The molecule has 130 valence electrons. The second-order valence-corrected chi connectivity index (χ2v) is 5.47. The molecule has 0 aliphatic carbocycles. The molecule has 2 heterocycles. The lowest BCUT2D eigenvalue weighted by atomic mass is 9.87. The zero-order valence-corrected chi connectivity index (χ0v) is 16.2. The van der Waals surface area contributed by atoms with Gasteiger partial charge >= 0.3 is 0 Å². The predicted molar refractivity (Wildman–Crippen MR) is 102 cm³/mol. The molecule has 0 unspecified atom stereocenters. The fraction of sp³-hybridized carbons (Fsp3) is 0.619. The normalized spacial score (nSPS) is 15.1. The van der Waals surface area contributed by atoms with Gasteiger partial charge in [-0.3, -0.25) is 0 Å². The Kier molecular flexibility index (Phi) is 7.84. The van der Waals surface area contributed by atoms with Gasteiger partial charge in [-0.05, 0) is 36.8 Å². The molecule has 1 aliphatic heterocycles. The van der Waals surface area contributed by atoms with Gasteiger partial charge in [-0.15, -0.1) is 0 Å². The highest BCUT2D eigenvalue weighted by Crippen LogP contribution is 2.41. The van der Waals surface area contributed by atoms with Crippen molar-refractivity contribution < 1.29 is 4.74 Å². The Hall–Kier alpha value is -1.28. The van der Waals surface area contributed by atoms with E-state index in [0.29, 0.717) is 0 Å². The first kappa shape index (κ1) is 19.8. The van der Waals surface area contributed by atoms with Gasteiger partial charge < -0.3 is 9.72 Å². The average Bonchev–Trinajstić information content (AvgIpc) is 3.04. The number of aromatic amines is 1. The molecule has 0 saturated carbocycles. The summed E-state index contributed by atoms with van der Waals surface area (Å²) in [4.78, 5) is 3.70. The van der Waals surface area contributed by atoms with Crippen molar-refractivity contribution in [3.8, 4) is 0 Å². The third kappa shape index (κ3) is 3.47. The molecular formula is C21H35NO. The smallest absolute Gasteiger partial charge is 0.108 e. The molecule has 0 amide bonds. The summed E-state index contributed by atoms with van der Waals surface area (Å²) in [5, 5.41) is 1.41. The van der Waals surface area contributed by atoms with Crippen molar-refractivity contribution in [1.29, 1.82) is 0 Å². The lowest BCUT2D eigenvalue weighted by molar-refractivity contribution is -0.0686. The molecule has 1 aliphatic rings. The van der Waals surface area contributed by atoms with E-state index in [-0.39, 0.29) is 5.60 Å². The van der Waals surface area contributed by atoms with Crippen molar-refractivity contribution in [3.05, 3.63) is 35.0 Å². The number of hydrogen-bond acceptors (Lipinski definition) is 1. The van der Waals surface area contributed by atoms with Crippen LogP contribution in [-0.4, -0.2) is 11.6 Å². The number of aryl methyl sites for hydroxylation is 1. The van der Waals surface area contributed by atoms with Gasteiger partial charge in [-0.1, -0.05) is 66.7 Å². The molecular weight excluding hydrogens is 282 g/mol. The van der Waals surface area contributed by atoms with E-state index in [1.165, 1.54) is 27.7 Å². The van der Waals surface area contributed by atoms with Crippen LogP contribution in [0.1, 0.15) is 78.1 Å². The minimum Gasteiger partial charge on any atom is -0.368 e. The van der Waals surface area contributed by atoms with Crippen molar-refractivity contribution in [1.82, 2.24) is 4.98 Å². The molecule has 0 atom stereocenters. The minimum atomic E-state index is -0.0996. The van der Waals surface area contributed by atoms with Crippen LogP contribution in [0.4, 0.5) is 0 Å². The molecule has 2 nitrogen and oxygen atoms in total. The van der Waals surface area contributed by atoms with E-state index in [0.717, 1.165) is 32.3 Å². The van der Waals surface area contributed by atoms with Crippen LogP contribution in [0.15, 0.2) is 18.2 Å². The van der Waals surface area contributed by atoms with Crippen molar-refractivity contribution in [2.24, 2.45) is 0 Å². The SMILES string of the molecule is CC.CC.CCc1cccc2c3c([nH]c12)C(CC)(CC)OCC3. The minimum absolute atomic E-state index is 0.0996. The Bertz CT molecular complexity index is 593. The van der Waals surface area contributed by atoms with E-state index >= 15 is 0 Å². The van der Waals surface area contributed by atoms with Crippen molar-refractivity contribution in [2.45, 2.75) is 79.8 Å². The Morgan fingerprint density at radius 2 is 1.70 bits per heavy atom. The summed E-state index contributed by atoms with van der Waals surface area (Å²) < 4.78 is 6.16. The van der Waals surface area contributed by atoms with Crippen LogP contribution in [-0.2, 0) is 23.2 Å². The molecule has 1 aromatic carbocycles. The van der Waals surface area contributed by atoms with Crippen LogP contribution in [0.3, 0.4) is 0 Å². The van der Waals surface area contributed by atoms with Crippen LogP contribution in [0.5, 0.6) is 0 Å². The maximum Gasteiger partial charge on any atom is 0.108 e. The Morgan fingerprint density at radius 3 is 2.26 bits per heavy atom. The van der Waals surface area contributed by atoms with Crippen LogP contribution in [0.2, 0.25) is 0 Å². The van der Waals surface area contributed by atoms with Gasteiger partial charge in [0.05, 0.1) is 12.3 Å². The topological polar surface area (TPSA) is 25.0 Å². The summed E-state index contributed by atoms with van der Waals surface area (Å²) in [5.41, 5.74) is 5.46. The summed E-state index contributed by atoms with van der Waals surface area (Å²) in [6.45, 7) is 15.5. The van der Waals surface area contributed by atoms with Crippen LogP contribution in [0, 0.1) is 0 Å². The number of H-pyrrole nitrogens is 1. The number of rotatable bonds is 3. The third-order valence-electron chi connectivity index (χ3n) is 4.74. The summed E-state index contributed by atoms with van der Waals surface area (Å²) >= 11 is 0. The number of hydrogen-bond donors (Lipinski definition) is 1. The van der Waals surface area contributed by atoms with E-state index in [4.69, 9.17) is 4.74 Å². The van der Waals surface area contributed by atoms with E-state index in [2.05, 4.69) is 44.0 Å². The molecule has 0 spiro atoms. The summed E-state index contributed by atoms with van der Waals surface area (Å²) in [5.74, 6) is 0. The van der Waals surface area contributed by atoms with Crippen molar-refractivity contribution >= 4 is 10.9 Å². The molecule has 2 aromatic rings. The quantitative estimate of drug-likeness (QED) is 0.699. The highest BCUT2D eigenvalue weighted by Gasteiger charge is 2.37. The summed E-state index contributed by atoms with van der Waals surface area (Å²) in [6, 6.07) is 6.67.